The van der Waals surface area contributed by atoms with Crippen molar-refractivity contribution in [2.24, 2.45) is 4.99 Å². The van der Waals surface area contributed by atoms with Crippen LogP contribution in [0.15, 0.2) is 41.5 Å². The zero-order valence-electron chi connectivity index (χ0n) is 13.9. The number of ether oxygens (including phenoxy) is 1. The van der Waals surface area contributed by atoms with Gasteiger partial charge in [-0.15, -0.1) is 0 Å². The van der Waals surface area contributed by atoms with Crippen LogP contribution in [0.25, 0.3) is 5.57 Å². The zero-order chi connectivity index (χ0) is 16.4. The van der Waals surface area contributed by atoms with Crippen LogP contribution in [-0.4, -0.2) is 22.9 Å². The molecule has 0 fully saturated rings. The Morgan fingerprint density at radius 2 is 1.77 bits per heavy atom. The van der Waals surface area contributed by atoms with E-state index in [-0.39, 0.29) is 0 Å². The van der Waals surface area contributed by atoms with E-state index in [1.807, 2.05) is 59.0 Å². The number of aliphatic imine (C=N–C) groups is 1. The van der Waals surface area contributed by atoms with E-state index in [1.54, 1.807) is 0 Å². The minimum absolute atomic E-state index is 0.423. The number of rotatable bonds is 3. The molecule has 1 aliphatic heterocycles. The third kappa shape index (κ3) is 4.20. The van der Waals surface area contributed by atoms with Crippen molar-refractivity contribution in [1.82, 2.24) is 5.32 Å². The average molecular weight is 300 g/mol. The first kappa shape index (κ1) is 16.3. The molecule has 0 unspecified atom stereocenters. The molecule has 0 bridgehead atoms. The normalized spacial score (nSPS) is 15.1. The van der Waals surface area contributed by atoms with E-state index in [0.29, 0.717) is 0 Å². The Hall–Kier alpha value is -2.10. The first-order valence-electron chi connectivity index (χ1n) is 7.50. The predicted octanol–water partition coefficient (Wildman–Crippen LogP) is 4.18. The quantitative estimate of drug-likeness (QED) is 0.910. The maximum Gasteiger partial charge on any atom is 0.408 e. The van der Waals surface area contributed by atoms with Crippen molar-refractivity contribution in [2.75, 3.05) is 0 Å². The maximum absolute atomic E-state index is 12.0. The van der Waals surface area contributed by atoms with Gasteiger partial charge in [0.25, 0.3) is 0 Å². The Morgan fingerprint density at radius 3 is 2.36 bits per heavy atom. The van der Waals surface area contributed by atoms with Crippen LogP contribution in [0.5, 0.6) is 0 Å². The van der Waals surface area contributed by atoms with Crippen molar-refractivity contribution in [3.05, 3.63) is 42.1 Å². The Bertz CT molecular complexity index is 608. The molecule has 0 spiro atoms. The molecule has 118 valence electrons. The molecule has 1 aliphatic rings. The van der Waals surface area contributed by atoms with Gasteiger partial charge in [0, 0.05) is 18.3 Å². The summed E-state index contributed by atoms with van der Waals surface area (Å²) in [5, 5.41) is 2.90. The van der Waals surface area contributed by atoms with Gasteiger partial charge in [0.1, 0.15) is 5.60 Å². The average Bonchev–Trinajstić information content (AvgIpc) is 2.87. The van der Waals surface area contributed by atoms with Gasteiger partial charge in [0.05, 0.1) is 5.54 Å². The topological polar surface area (TPSA) is 50.7 Å². The number of nitrogens with zero attached hydrogens (tertiary/aromatic N) is 1. The lowest BCUT2D eigenvalue weighted by Gasteiger charge is -2.29. The number of allylic oxidation sites excluding steroid dienone is 1. The maximum atomic E-state index is 12.0. The van der Waals surface area contributed by atoms with Gasteiger partial charge in [-0.25, -0.2) is 4.79 Å². The molecule has 4 nitrogen and oxygen atoms in total. The number of alkyl carbamates (subject to hydrolysis) is 1. The van der Waals surface area contributed by atoms with Gasteiger partial charge in [0.2, 0.25) is 0 Å². The Kier molecular flexibility index (Phi) is 4.40. The van der Waals surface area contributed by atoms with Gasteiger partial charge >= 0.3 is 6.09 Å². The second-order valence-electron chi connectivity index (χ2n) is 7.02. The number of benzene rings is 1. The molecule has 0 aliphatic carbocycles. The van der Waals surface area contributed by atoms with Crippen LogP contribution >= 0.6 is 0 Å². The van der Waals surface area contributed by atoms with E-state index in [0.717, 1.165) is 23.3 Å². The number of carbonyl (C=O) groups is 1. The van der Waals surface area contributed by atoms with Crippen molar-refractivity contribution in [1.29, 1.82) is 0 Å². The second kappa shape index (κ2) is 5.95. The molecular weight excluding hydrogens is 276 g/mol. The van der Waals surface area contributed by atoms with Crippen LogP contribution in [0.1, 0.15) is 46.6 Å². The number of nitrogens with one attached hydrogen (secondary N) is 1. The van der Waals surface area contributed by atoms with Gasteiger partial charge in [0.15, 0.2) is 0 Å². The third-order valence-electron chi connectivity index (χ3n) is 3.41. The summed E-state index contributed by atoms with van der Waals surface area (Å²) in [5.74, 6) is 0. The third-order valence-corrected chi connectivity index (χ3v) is 3.41. The summed E-state index contributed by atoms with van der Waals surface area (Å²) in [5.41, 5.74) is 2.20. The van der Waals surface area contributed by atoms with Crippen molar-refractivity contribution in [3.63, 3.8) is 0 Å². The highest BCUT2D eigenvalue weighted by Gasteiger charge is 2.31. The fourth-order valence-electron chi connectivity index (χ4n) is 2.27. The summed E-state index contributed by atoms with van der Waals surface area (Å²) in [6.07, 6.45) is 2.18. The Morgan fingerprint density at radius 1 is 1.14 bits per heavy atom. The molecule has 2 rings (SSSR count). The highest BCUT2D eigenvalue weighted by atomic mass is 16.6. The van der Waals surface area contributed by atoms with Crippen LogP contribution in [0.3, 0.4) is 0 Å². The van der Waals surface area contributed by atoms with Crippen molar-refractivity contribution in [3.8, 4) is 0 Å². The molecule has 1 N–H and O–H groups in total. The van der Waals surface area contributed by atoms with Gasteiger partial charge in [-0.3, -0.25) is 4.99 Å². The van der Waals surface area contributed by atoms with Gasteiger partial charge in [-0.1, -0.05) is 30.3 Å². The monoisotopic (exact) mass is 300 g/mol. The highest BCUT2D eigenvalue weighted by Crippen LogP contribution is 2.27. The van der Waals surface area contributed by atoms with E-state index >= 15 is 0 Å². The largest absolute Gasteiger partial charge is 0.444 e. The summed E-state index contributed by atoms with van der Waals surface area (Å²) in [6, 6.07) is 10.2. The number of hydrogen-bond acceptors (Lipinski definition) is 3. The molecule has 1 aromatic carbocycles. The minimum Gasteiger partial charge on any atom is -0.444 e. The van der Waals surface area contributed by atoms with Crippen molar-refractivity contribution >= 4 is 17.4 Å². The summed E-state index contributed by atoms with van der Waals surface area (Å²) < 4.78 is 5.32. The molecule has 0 aromatic heterocycles. The predicted molar refractivity (Wildman–Crippen MR) is 89.9 cm³/mol. The summed E-state index contributed by atoms with van der Waals surface area (Å²) in [6.45, 7) is 9.43. The molecule has 0 radical (unpaired) electrons. The molecule has 0 saturated carbocycles. The van der Waals surface area contributed by atoms with Crippen molar-refractivity contribution in [2.45, 2.75) is 52.2 Å². The molecule has 1 aromatic rings. The van der Waals surface area contributed by atoms with Crippen LogP contribution in [-0.2, 0) is 4.74 Å². The standard InChI is InChI=1S/C18H24N2O2/c1-17(2,3)22-16(21)20-18(4,5)15-11-14(12-19-15)13-9-7-6-8-10-13/h6-10,12H,11H2,1-5H3,(H,20,21). The number of carbonyl (C=O) groups excluding carboxylic acids is 1. The Balaban J connectivity index is 2.00. The molecule has 0 saturated heterocycles. The first-order chi connectivity index (χ1) is 10.2. The molecule has 0 atom stereocenters. The van der Waals surface area contributed by atoms with Gasteiger partial charge < -0.3 is 10.1 Å². The van der Waals surface area contributed by atoms with Crippen LogP contribution in [0.2, 0.25) is 0 Å². The molecule has 1 heterocycles. The smallest absolute Gasteiger partial charge is 0.408 e. The molecular formula is C18H24N2O2. The highest BCUT2D eigenvalue weighted by molar-refractivity contribution is 6.04. The number of hydrogen-bond donors (Lipinski definition) is 1. The molecule has 4 heteroatoms. The lowest BCUT2D eigenvalue weighted by molar-refractivity contribution is 0.0497. The lowest BCUT2D eigenvalue weighted by atomic mass is 9.92. The van der Waals surface area contributed by atoms with E-state index in [4.69, 9.17) is 4.74 Å². The van der Waals surface area contributed by atoms with Crippen LogP contribution < -0.4 is 5.32 Å². The van der Waals surface area contributed by atoms with Crippen molar-refractivity contribution < 1.29 is 9.53 Å². The first-order valence-corrected chi connectivity index (χ1v) is 7.50. The van der Waals surface area contributed by atoms with E-state index < -0.39 is 17.2 Å². The van der Waals surface area contributed by atoms with Gasteiger partial charge in [-0.05, 0) is 45.8 Å². The summed E-state index contributed by atoms with van der Waals surface area (Å²) in [7, 11) is 0. The lowest BCUT2D eigenvalue weighted by Crippen LogP contribution is -2.50. The zero-order valence-corrected chi connectivity index (χ0v) is 13.9. The van der Waals surface area contributed by atoms with E-state index in [1.165, 1.54) is 0 Å². The number of amides is 1. The van der Waals surface area contributed by atoms with Crippen LogP contribution in [0.4, 0.5) is 4.79 Å². The summed E-state index contributed by atoms with van der Waals surface area (Å²) in [4.78, 5) is 16.5. The van der Waals surface area contributed by atoms with Crippen LogP contribution in [0, 0.1) is 0 Å². The van der Waals surface area contributed by atoms with E-state index in [2.05, 4.69) is 22.4 Å². The molecule has 22 heavy (non-hydrogen) atoms. The fraction of sp³-hybridized carbons (Fsp3) is 0.444. The van der Waals surface area contributed by atoms with Gasteiger partial charge in [-0.2, -0.15) is 0 Å². The van der Waals surface area contributed by atoms with E-state index in [9.17, 15) is 4.79 Å². The minimum atomic E-state index is -0.546. The molecule has 1 amide bonds. The fourth-order valence-corrected chi connectivity index (χ4v) is 2.27. The second-order valence-corrected chi connectivity index (χ2v) is 7.02. The summed E-state index contributed by atoms with van der Waals surface area (Å²) >= 11 is 0. The SMILES string of the molecule is CC(C)(C)OC(=O)NC(C)(C)C1=NC=C(c2ccccc2)C1. The Labute approximate surface area is 132 Å².